The maximum absolute atomic E-state index is 12.2. The molecule has 0 unspecified atom stereocenters. The van der Waals surface area contributed by atoms with Crippen LogP contribution >= 0.6 is 0 Å². The molecule has 0 bridgehead atoms. The number of ether oxygens (including phenoxy) is 1. The van der Waals surface area contributed by atoms with E-state index in [-0.39, 0.29) is 17.1 Å². The standard InChI is InChI=1S/C17H19NO5S/c1-13-6-4-7-14(10-13)12-23-17(19)15-8-5-9-16(11-15)24(20,21)18(2)22-3/h4-11H,12H2,1-3H3. The maximum Gasteiger partial charge on any atom is 0.338 e. The predicted octanol–water partition coefficient (Wildman–Crippen LogP) is 2.53. The zero-order valence-electron chi connectivity index (χ0n) is 13.7. The smallest absolute Gasteiger partial charge is 0.338 e. The Morgan fingerprint density at radius 3 is 2.50 bits per heavy atom. The van der Waals surface area contributed by atoms with Crippen LogP contribution in [0.15, 0.2) is 53.4 Å². The number of sulfonamides is 1. The van der Waals surface area contributed by atoms with Crippen LogP contribution in [0, 0.1) is 6.92 Å². The topological polar surface area (TPSA) is 72.9 Å². The number of nitrogens with zero attached hydrogens (tertiary/aromatic N) is 1. The van der Waals surface area contributed by atoms with Gasteiger partial charge in [-0.05, 0) is 30.7 Å². The molecule has 0 saturated heterocycles. The molecule has 0 saturated carbocycles. The van der Waals surface area contributed by atoms with E-state index in [0.717, 1.165) is 15.6 Å². The second-order valence-electron chi connectivity index (χ2n) is 5.19. The van der Waals surface area contributed by atoms with Gasteiger partial charge in [0, 0.05) is 7.05 Å². The summed E-state index contributed by atoms with van der Waals surface area (Å²) in [4.78, 5) is 16.8. The SMILES string of the molecule is CON(C)S(=O)(=O)c1cccc(C(=O)OCc2cccc(C)c2)c1. The normalized spacial score (nSPS) is 11.5. The molecule has 2 rings (SSSR count). The van der Waals surface area contributed by atoms with Crippen molar-refractivity contribution in [3.05, 3.63) is 65.2 Å². The summed E-state index contributed by atoms with van der Waals surface area (Å²) in [5.41, 5.74) is 2.10. The largest absolute Gasteiger partial charge is 0.457 e. The van der Waals surface area contributed by atoms with E-state index >= 15 is 0 Å². The summed E-state index contributed by atoms with van der Waals surface area (Å²) in [5, 5.41) is 0. The number of hydrogen-bond acceptors (Lipinski definition) is 5. The highest BCUT2D eigenvalue weighted by Crippen LogP contribution is 2.17. The van der Waals surface area contributed by atoms with Gasteiger partial charge in [-0.2, -0.15) is 0 Å². The van der Waals surface area contributed by atoms with Crippen molar-refractivity contribution in [3.8, 4) is 0 Å². The number of hydroxylamine groups is 1. The van der Waals surface area contributed by atoms with Gasteiger partial charge in [0.05, 0.1) is 17.6 Å². The molecule has 0 aliphatic heterocycles. The average molecular weight is 349 g/mol. The number of hydrogen-bond donors (Lipinski definition) is 0. The van der Waals surface area contributed by atoms with Gasteiger partial charge in [-0.25, -0.2) is 13.2 Å². The van der Waals surface area contributed by atoms with Crippen molar-refractivity contribution in [1.82, 2.24) is 4.47 Å². The summed E-state index contributed by atoms with van der Waals surface area (Å²) in [6.07, 6.45) is 0. The van der Waals surface area contributed by atoms with Crippen molar-refractivity contribution in [3.63, 3.8) is 0 Å². The number of benzene rings is 2. The van der Waals surface area contributed by atoms with E-state index < -0.39 is 16.0 Å². The van der Waals surface area contributed by atoms with Gasteiger partial charge >= 0.3 is 5.97 Å². The lowest BCUT2D eigenvalue weighted by Crippen LogP contribution is -2.25. The Morgan fingerprint density at radius 1 is 1.12 bits per heavy atom. The number of esters is 1. The molecule has 0 atom stereocenters. The van der Waals surface area contributed by atoms with Crippen LogP contribution in [0.2, 0.25) is 0 Å². The first kappa shape index (κ1) is 18.1. The van der Waals surface area contributed by atoms with E-state index in [2.05, 4.69) is 0 Å². The Hall–Kier alpha value is -2.22. The number of rotatable bonds is 6. The Labute approximate surface area is 141 Å². The van der Waals surface area contributed by atoms with E-state index in [4.69, 9.17) is 9.57 Å². The van der Waals surface area contributed by atoms with E-state index in [0.29, 0.717) is 0 Å². The molecule has 2 aromatic carbocycles. The Kier molecular flexibility index (Phi) is 5.71. The first-order valence-corrected chi connectivity index (χ1v) is 8.64. The lowest BCUT2D eigenvalue weighted by Gasteiger charge is -2.14. The Bertz CT molecular complexity index is 832. The molecule has 0 aliphatic carbocycles. The van der Waals surface area contributed by atoms with Crippen molar-refractivity contribution in [2.45, 2.75) is 18.4 Å². The highest BCUT2D eigenvalue weighted by molar-refractivity contribution is 7.89. The number of aryl methyl sites for hydroxylation is 1. The van der Waals surface area contributed by atoms with E-state index in [1.165, 1.54) is 38.4 Å². The third-order valence-corrected chi connectivity index (χ3v) is 5.09. The molecule has 0 amide bonds. The van der Waals surface area contributed by atoms with Gasteiger partial charge < -0.3 is 4.74 Å². The first-order chi connectivity index (χ1) is 11.3. The van der Waals surface area contributed by atoms with Crippen molar-refractivity contribution < 1.29 is 22.8 Å². The van der Waals surface area contributed by atoms with E-state index in [1.807, 2.05) is 31.2 Å². The molecule has 0 heterocycles. The molecular formula is C17H19NO5S. The fraction of sp³-hybridized carbons (Fsp3) is 0.235. The Morgan fingerprint density at radius 2 is 1.83 bits per heavy atom. The minimum absolute atomic E-state index is 0.0446. The molecule has 0 aliphatic rings. The van der Waals surface area contributed by atoms with Gasteiger partial charge in [0.1, 0.15) is 6.61 Å². The minimum Gasteiger partial charge on any atom is -0.457 e. The first-order valence-electron chi connectivity index (χ1n) is 7.20. The second-order valence-corrected chi connectivity index (χ2v) is 7.13. The van der Waals surface area contributed by atoms with Gasteiger partial charge in [-0.15, -0.1) is 0 Å². The van der Waals surface area contributed by atoms with Crippen LogP contribution in [0.25, 0.3) is 0 Å². The molecule has 0 N–H and O–H groups in total. The fourth-order valence-electron chi connectivity index (χ4n) is 2.06. The van der Waals surface area contributed by atoms with Gasteiger partial charge in [0.2, 0.25) is 0 Å². The molecule has 6 nitrogen and oxygen atoms in total. The third kappa shape index (κ3) is 4.19. The summed E-state index contributed by atoms with van der Waals surface area (Å²) in [6.45, 7) is 2.07. The van der Waals surface area contributed by atoms with E-state index in [9.17, 15) is 13.2 Å². The minimum atomic E-state index is -3.81. The Balaban J connectivity index is 2.15. The van der Waals surface area contributed by atoms with Crippen molar-refractivity contribution in [2.24, 2.45) is 0 Å². The predicted molar refractivity (Wildman–Crippen MR) is 88.7 cm³/mol. The summed E-state index contributed by atoms with van der Waals surface area (Å²) < 4.78 is 30.4. The molecule has 128 valence electrons. The van der Waals surface area contributed by atoms with Gasteiger partial charge in [0.25, 0.3) is 10.0 Å². The lowest BCUT2D eigenvalue weighted by atomic mass is 10.1. The van der Waals surface area contributed by atoms with Crippen LogP contribution in [-0.4, -0.2) is 33.0 Å². The zero-order chi connectivity index (χ0) is 17.7. The molecule has 2 aromatic rings. The lowest BCUT2D eigenvalue weighted by molar-refractivity contribution is -0.0258. The molecular weight excluding hydrogens is 330 g/mol. The van der Waals surface area contributed by atoms with E-state index in [1.54, 1.807) is 0 Å². The van der Waals surface area contributed by atoms with Crippen molar-refractivity contribution >= 4 is 16.0 Å². The second kappa shape index (κ2) is 7.57. The fourth-order valence-corrected chi connectivity index (χ4v) is 3.08. The van der Waals surface area contributed by atoms with Crippen LogP contribution in [0.1, 0.15) is 21.5 Å². The van der Waals surface area contributed by atoms with Gasteiger partial charge in [-0.3, -0.25) is 4.84 Å². The summed E-state index contributed by atoms with van der Waals surface area (Å²) >= 11 is 0. The summed E-state index contributed by atoms with van der Waals surface area (Å²) in [7, 11) is -1.29. The summed E-state index contributed by atoms with van der Waals surface area (Å²) in [5.74, 6) is -0.589. The monoisotopic (exact) mass is 349 g/mol. The summed E-state index contributed by atoms with van der Waals surface area (Å²) in [6, 6.07) is 13.3. The van der Waals surface area contributed by atoms with Gasteiger partial charge in [0.15, 0.2) is 0 Å². The van der Waals surface area contributed by atoms with Gasteiger partial charge in [-0.1, -0.05) is 40.4 Å². The number of carbonyl (C=O) groups is 1. The van der Waals surface area contributed by atoms with Crippen molar-refractivity contribution in [2.75, 3.05) is 14.2 Å². The zero-order valence-corrected chi connectivity index (χ0v) is 14.5. The van der Waals surface area contributed by atoms with Crippen LogP contribution < -0.4 is 0 Å². The van der Waals surface area contributed by atoms with Crippen molar-refractivity contribution in [1.29, 1.82) is 0 Å². The molecule has 0 radical (unpaired) electrons. The number of carbonyl (C=O) groups excluding carboxylic acids is 1. The molecule has 0 aromatic heterocycles. The molecule has 24 heavy (non-hydrogen) atoms. The maximum atomic E-state index is 12.2. The highest BCUT2D eigenvalue weighted by atomic mass is 32.2. The molecule has 0 spiro atoms. The molecule has 0 fully saturated rings. The average Bonchev–Trinajstić information content (AvgIpc) is 2.59. The van der Waals surface area contributed by atoms with Crippen LogP contribution in [-0.2, 0) is 26.2 Å². The molecule has 7 heteroatoms. The van der Waals surface area contributed by atoms with Crippen LogP contribution in [0.3, 0.4) is 0 Å². The third-order valence-electron chi connectivity index (χ3n) is 3.42. The van der Waals surface area contributed by atoms with Crippen LogP contribution in [0.5, 0.6) is 0 Å². The van der Waals surface area contributed by atoms with Crippen LogP contribution in [0.4, 0.5) is 0 Å². The quantitative estimate of drug-likeness (QED) is 0.592. The highest BCUT2D eigenvalue weighted by Gasteiger charge is 2.22.